The zero-order chi connectivity index (χ0) is 24.7. The molecule has 0 spiro atoms. The molecule has 1 aromatic carbocycles. The molecule has 0 unspecified atom stereocenters. The molecule has 0 aliphatic rings. The van der Waals surface area contributed by atoms with E-state index in [4.69, 9.17) is 4.52 Å². The average Bonchev–Trinajstić information content (AvgIpc) is 3.41. The van der Waals surface area contributed by atoms with Crippen LogP contribution >= 0.6 is 0 Å². The summed E-state index contributed by atoms with van der Waals surface area (Å²) in [7, 11) is 0. The van der Waals surface area contributed by atoms with Crippen LogP contribution in [0.5, 0.6) is 0 Å². The molecule has 3 aromatic heterocycles. The molecule has 0 radical (unpaired) electrons. The Labute approximate surface area is 192 Å². The summed E-state index contributed by atoms with van der Waals surface area (Å²) in [5.74, 6) is 0.723. The van der Waals surface area contributed by atoms with E-state index in [0.29, 0.717) is 23.1 Å². The van der Waals surface area contributed by atoms with Crippen LogP contribution in [0.3, 0.4) is 0 Å². The summed E-state index contributed by atoms with van der Waals surface area (Å²) in [5.41, 5.74) is 0.833. The molecular weight excluding hydrogens is 449 g/mol. The number of benzene rings is 1. The molecule has 34 heavy (non-hydrogen) atoms. The van der Waals surface area contributed by atoms with E-state index >= 15 is 0 Å². The highest BCUT2D eigenvalue weighted by Crippen LogP contribution is 2.29. The molecule has 0 atom stereocenters. The summed E-state index contributed by atoms with van der Waals surface area (Å²) in [4.78, 5) is 21.0. The fourth-order valence-electron chi connectivity index (χ4n) is 3.09. The highest BCUT2D eigenvalue weighted by atomic mass is 19.4. The number of anilines is 1. The van der Waals surface area contributed by atoms with Gasteiger partial charge in [0.25, 0.3) is 5.91 Å². The van der Waals surface area contributed by atoms with Crippen molar-refractivity contribution in [3.63, 3.8) is 0 Å². The van der Waals surface area contributed by atoms with E-state index in [1.54, 1.807) is 31.2 Å². The van der Waals surface area contributed by atoms with Gasteiger partial charge in [-0.2, -0.15) is 23.3 Å². The van der Waals surface area contributed by atoms with Crippen molar-refractivity contribution in [2.24, 2.45) is 0 Å². The van der Waals surface area contributed by atoms with Crippen LogP contribution in [-0.2, 0) is 11.6 Å². The maximum Gasteiger partial charge on any atom is 0.417 e. The van der Waals surface area contributed by atoms with E-state index in [2.05, 4.69) is 25.5 Å². The van der Waals surface area contributed by atoms with Crippen molar-refractivity contribution in [1.29, 1.82) is 0 Å². The Morgan fingerprint density at radius 1 is 1.03 bits per heavy atom. The monoisotopic (exact) mass is 470 g/mol. The van der Waals surface area contributed by atoms with E-state index in [1.807, 2.05) is 20.8 Å². The zero-order valence-corrected chi connectivity index (χ0v) is 18.8. The molecule has 3 heterocycles. The van der Waals surface area contributed by atoms with Crippen LogP contribution in [0, 0.1) is 6.92 Å². The largest absolute Gasteiger partial charge is 0.417 e. The number of nitrogens with zero attached hydrogens (tertiary/aromatic N) is 5. The Bertz CT molecular complexity index is 1320. The summed E-state index contributed by atoms with van der Waals surface area (Å²) >= 11 is 0. The topological polar surface area (TPSA) is 98.7 Å². The van der Waals surface area contributed by atoms with Crippen LogP contribution in [0.2, 0.25) is 0 Å². The number of hydrogen-bond acceptors (Lipinski definition) is 6. The first-order valence-electron chi connectivity index (χ1n) is 10.3. The molecular formula is C23H21F3N6O2. The van der Waals surface area contributed by atoms with Gasteiger partial charge in [0.05, 0.1) is 23.0 Å². The molecule has 4 rings (SSSR count). The summed E-state index contributed by atoms with van der Waals surface area (Å²) < 4.78 is 44.9. The van der Waals surface area contributed by atoms with Gasteiger partial charge in [0.2, 0.25) is 11.7 Å². The minimum Gasteiger partial charge on any atom is -0.338 e. The normalized spacial score (nSPS) is 12.1. The van der Waals surface area contributed by atoms with Crippen LogP contribution in [0.1, 0.15) is 48.3 Å². The van der Waals surface area contributed by atoms with Crippen molar-refractivity contribution >= 4 is 11.6 Å². The molecule has 8 nitrogen and oxygen atoms in total. The number of pyridine rings is 1. The SMILES string of the molecule is Cc1c(C(=O)Nc2ccc(-c3noc(C(C)(C)C)n3)cc2)cnn1-c1ccc(C(F)(F)F)cn1. The van der Waals surface area contributed by atoms with E-state index < -0.39 is 17.6 Å². The number of amides is 1. The highest BCUT2D eigenvalue weighted by Gasteiger charge is 2.31. The highest BCUT2D eigenvalue weighted by molar-refractivity contribution is 6.05. The van der Waals surface area contributed by atoms with E-state index in [1.165, 1.54) is 16.9 Å². The second-order valence-corrected chi connectivity index (χ2v) is 8.66. The molecule has 0 saturated carbocycles. The van der Waals surface area contributed by atoms with Gasteiger partial charge in [-0.15, -0.1) is 0 Å². The van der Waals surface area contributed by atoms with Gasteiger partial charge < -0.3 is 9.84 Å². The van der Waals surface area contributed by atoms with Crippen molar-refractivity contribution in [3.05, 3.63) is 71.5 Å². The van der Waals surface area contributed by atoms with Crippen LogP contribution in [0.15, 0.2) is 53.3 Å². The number of aromatic nitrogens is 5. The maximum atomic E-state index is 12.8. The zero-order valence-electron chi connectivity index (χ0n) is 18.8. The lowest BCUT2D eigenvalue weighted by Crippen LogP contribution is -2.13. The second-order valence-electron chi connectivity index (χ2n) is 8.66. The molecule has 0 aliphatic heterocycles. The van der Waals surface area contributed by atoms with Gasteiger partial charge in [0.15, 0.2) is 5.82 Å². The van der Waals surface area contributed by atoms with Crippen molar-refractivity contribution in [2.75, 3.05) is 5.32 Å². The molecule has 4 aromatic rings. The summed E-state index contributed by atoms with van der Waals surface area (Å²) in [6, 6.07) is 9.05. The quantitative estimate of drug-likeness (QED) is 0.441. The van der Waals surface area contributed by atoms with Gasteiger partial charge in [-0.3, -0.25) is 4.79 Å². The van der Waals surface area contributed by atoms with Gasteiger partial charge in [0, 0.05) is 22.9 Å². The minimum atomic E-state index is -4.48. The minimum absolute atomic E-state index is 0.170. The van der Waals surface area contributed by atoms with Crippen LogP contribution in [0.25, 0.3) is 17.2 Å². The van der Waals surface area contributed by atoms with Crippen molar-refractivity contribution in [1.82, 2.24) is 24.9 Å². The van der Waals surface area contributed by atoms with Gasteiger partial charge in [-0.1, -0.05) is 25.9 Å². The summed E-state index contributed by atoms with van der Waals surface area (Å²) in [6.45, 7) is 7.55. The molecule has 0 fully saturated rings. The third kappa shape index (κ3) is 4.68. The van der Waals surface area contributed by atoms with Crippen LogP contribution < -0.4 is 5.32 Å². The molecule has 0 bridgehead atoms. The number of halogens is 3. The number of carbonyl (C=O) groups excluding carboxylic acids is 1. The standard InChI is InChI=1S/C23H21F3N6O2/c1-13-17(12-28-32(13)18-10-7-15(11-27-18)23(24,25)26)20(33)29-16-8-5-14(6-9-16)19-30-21(34-31-19)22(2,3)4/h5-12H,1-4H3,(H,29,33). The van der Waals surface area contributed by atoms with Gasteiger partial charge in [0.1, 0.15) is 0 Å². The first-order valence-corrected chi connectivity index (χ1v) is 10.3. The lowest BCUT2D eigenvalue weighted by atomic mass is 9.97. The molecule has 0 saturated heterocycles. The average molecular weight is 470 g/mol. The van der Waals surface area contributed by atoms with Gasteiger partial charge >= 0.3 is 6.18 Å². The van der Waals surface area contributed by atoms with Crippen LogP contribution in [-0.4, -0.2) is 30.8 Å². The van der Waals surface area contributed by atoms with Crippen LogP contribution in [0.4, 0.5) is 18.9 Å². The molecule has 0 aliphatic carbocycles. The molecule has 11 heteroatoms. The fraction of sp³-hybridized carbons (Fsp3) is 0.261. The lowest BCUT2D eigenvalue weighted by molar-refractivity contribution is -0.137. The van der Waals surface area contributed by atoms with Crippen molar-refractivity contribution < 1.29 is 22.5 Å². The summed E-state index contributed by atoms with van der Waals surface area (Å²) in [6.07, 6.45) is -2.42. The first-order chi connectivity index (χ1) is 15.9. The van der Waals surface area contributed by atoms with Crippen molar-refractivity contribution in [2.45, 2.75) is 39.3 Å². The van der Waals surface area contributed by atoms with Gasteiger partial charge in [-0.05, 0) is 43.3 Å². The summed E-state index contributed by atoms with van der Waals surface area (Å²) in [5, 5.41) is 10.9. The number of alkyl halides is 3. The number of carbonyl (C=O) groups is 1. The van der Waals surface area contributed by atoms with E-state index in [9.17, 15) is 18.0 Å². The number of nitrogens with one attached hydrogen (secondary N) is 1. The number of rotatable bonds is 4. The second kappa shape index (κ2) is 8.40. The van der Waals surface area contributed by atoms with E-state index in [0.717, 1.165) is 17.8 Å². The first kappa shape index (κ1) is 23.1. The Morgan fingerprint density at radius 2 is 1.74 bits per heavy atom. The Kier molecular flexibility index (Phi) is 5.72. The lowest BCUT2D eigenvalue weighted by Gasteiger charge is -2.10. The molecule has 1 amide bonds. The molecule has 1 N–H and O–H groups in total. The Balaban J connectivity index is 1.48. The Morgan fingerprint density at radius 3 is 2.29 bits per heavy atom. The van der Waals surface area contributed by atoms with E-state index in [-0.39, 0.29) is 16.8 Å². The van der Waals surface area contributed by atoms with Crippen molar-refractivity contribution in [3.8, 4) is 17.2 Å². The molecule has 176 valence electrons. The predicted octanol–water partition coefficient (Wildman–Crippen LogP) is 5.19. The third-order valence-electron chi connectivity index (χ3n) is 5.02. The maximum absolute atomic E-state index is 12.8. The third-order valence-corrected chi connectivity index (χ3v) is 5.02. The Hall–Kier alpha value is -4.02. The fourth-order valence-corrected chi connectivity index (χ4v) is 3.09. The number of hydrogen-bond donors (Lipinski definition) is 1. The predicted molar refractivity (Wildman–Crippen MR) is 117 cm³/mol. The van der Waals surface area contributed by atoms with Gasteiger partial charge in [-0.25, -0.2) is 9.67 Å². The smallest absolute Gasteiger partial charge is 0.338 e.